The highest BCUT2D eigenvalue weighted by atomic mass is 32.1. The summed E-state index contributed by atoms with van der Waals surface area (Å²) in [4.78, 5) is 10.9. The Balaban J connectivity index is 1.86. The van der Waals surface area contributed by atoms with Crippen molar-refractivity contribution in [2.24, 2.45) is 0 Å². The van der Waals surface area contributed by atoms with E-state index in [0.717, 1.165) is 11.3 Å². The highest BCUT2D eigenvalue weighted by molar-refractivity contribution is 7.08. The molecular weight excluding hydrogens is 272 g/mol. The molecule has 0 unspecified atom stereocenters. The molecule has 2 aromatic rings. The van der Waals surface area contributed by atoms with Gasteiger partial charge in [0.15, 0.2) is 0 Å². The van der Waals surface area contributed by atoms with E-state index in [-0.39, 0.29) is 5.97 Å². The number of thiophene rings is 1. The number of methoxy groups -OCH3 is 1. The maximum absolute atomic E-state index is 10.9. The summed E-state index contributed by atoms with van der Waals surface area (Å²) in [5.74, 6) is 0.490. The van der Waals surface area contributed by atoms with Crippen LogP contribution in [0.3, 0.4) is 0 Å². The van der Waals surface area contributed by atoms with E-state index in [1.54, 1.807) is 17.4 Å². The van der Waals surface area contributed by atoms with Gasteiger partial charge in [-0.1, -0.05) is 18.2 Å². The van der Waals surface area contributed by atoms with Crippen LogP contribution in [0.25, 0.3) is 11.1 Å². The molecule has 0 N–H and O–H groups in total. The average molecular weight is 288 g/mol. The Kier molecular flexibility index (Phi) is 5.38. The summed E-state index contributed by atoms with van der Waals surface area (Å²) in [6.07, 6.45) is 3.82. The second kappa shape index (κ2) is 7.50. The SMILES string of the molecule is COC(=O)C=CCCOc1cccc(-c2ccsc2)c1. The van der Waals surface area contributed by atoms with E-state index in [1.807, 2.05) is 18.2 Å². The van der Waals surface area contributed by atoms with E-state index in [9.17, 15) is 4.79 Å². The molecule has 0 aliphatic carbocycles. The number of hydrogen-bond acceptors (Lipinski definition) is 4. The Morgan fingerprint density at radius 3 is 2.95 bits per heavy atom. The van der Waals surface area contributed by atoms with E-state index < -0.39 is 0 Å². The highest BCUT2D eigenvalue weighted by Gasteiger charge is 2.00. The minimum absolute atomic E-state index is 0.343. The van der Waals surface area contributed by atoms with Gasteiger partial charge in [-0.3, -0.25) is 0 Å². The van der Waals surface area contributed by atoms with Crippen LogP contribution in [0.4, 0.5) is 0 Å². The molecule has 0 atom stereocenters. The lowest BCUT2D eigenvalue weighted by Crippen LogP contribution is -1.97. The Morgan fingerprint density at radius 1 is 1.30 bits per heavy atom. The lowest BCUT2D eigenvalue weighted by Gasteiger charge is -2.06. The Labute approximate surface area is 122 Å². The monoisotopic (exact) mass is 288 g/mol. The van der Waals surface area contributed by atoms with Crippen molar-refractivity contribution in [3.8, 4) is 16.9 Å². The molecule has 0 aliphatic rings. The fourth-order valence-corrected chi connectivity index (χ4v) is 2.35. The Morgan fingerprint density at radius 2 is 2.20 bits per heavy atom. The normalized spacial score (nSPS) is 10.7. The third-order valence-electron chi connectivity index (χ3n) is 2.70. The van der Waals surface area contributed by atoms with Gasteiger partial charge in [0.05, 0.1) is 13.7 Å². The van der Waals surface area contributed by atoms with Gasteiger partial charge in [0, 0.05) is 6.08 Å². The molecule has 0 amide bonds. The Hall–Kier alpha value is -2.07. The van der Waals surface area contributed by atoms with Crippen LogP contribution in [-0.2, 0) is 9.53 Å². The molecule has 20 heavy (non-hydrogen) atoms. The van der Waals surface area contributed by atoms with Gasteiger partial charge in [0.2, 0.25) is 0 Å². The third kappa shape index (κ3) is 4.24. The highest BCUT2D eigenvalue weighted by Crippen LogP contribution is 2.25. The topological polar surface area (TPSA) is 35.5 Å². The molecule has 0 saturated carbocycles. The number of hydrogen-bond donors (Lipinski definition) is 0. The van der Waals surface area contributed by atoms with Crippen molar-refractivity contribution in [2.75, 3.05) is 13.7 Å². The first-order valence-corrected chi connectivity index (χ1v) is 7.24. The summed E-state index contributed by atoms with van der Waals surface area (Å²) in [6.45, 7) is 0.528. The summed E-state index contributed by atoms with van der Waals surface area (Å²) in [7, 11) is 1.36. The van der Waals surface area contributed by atoms with Crippen molar-refractivity contribution in [1.82, 2.24) is 0 Å². The van der Waals surface area contributed by atoms with Crippen molar-refractivity contribution in [3.63, 3.8) is 0 Å². The van der Waals surface area contributed by atoms with E-state index in [2.05, 4.69) is 27.6 Å². The zero-order valence-corrected chi connectivity index (χ0v) is 12.1. The van der Waals surface area contributed by atoms with Gasteiger partial charge in [-0.15, -0.1) is 0 Å². The fourth-order valence-electron chi connectivity index (χ4n) is 1.69. The molecule has 0 fully saturated rings. The second-order valence-electron chi connectivity index (χ2n) is 4.10. The van der Waals surface area contributed by atoms with Gasteiger partial charge in [-0.25, -0.2) is 4.79 Å². The quantitative estimate of drug-likeness (QED) is 0.459. The van der Waals surface area contributed by atoms with Gasteiger partial charge >= 0.3 is 5.97 Å². The number of benzene rings is 1. The van der Waals surface area contributed by atoms with Crippen LogP contribution in [0.2, 0.25) is 0 Å². The lowest BCUT2D eigenvalue weighted by molar-refractivity contribution is -0.134. The molecule has 1 aromatic heterocycles. The van der Waals surface area contributed by atoms with Crippen LogP contribution in [0.5, 0.6) is 5.75 Å². The molecule has 104 valence electrons. The molecule has 3 nitrogen and oxygen atoms in total. The summed E-state index contributed by atoms with van der Waals surface area (Å²) < 4.78 is 10.2. The summed E-state index contributed by atoms with van der Waals surface area (Å²) in [5.41, 5.74) is 2.35. The predicted molar refractivity (Wildman–Crippen MR) is 81.0 cm³/mol. The second-order valence-corrected chi connectivity index (χ2v) is 4.88. The molecule has 0 aliphatic heterocycles. The summed E-state index contributed by atoms with van der Waals surface area (Å²) in [6, 6.07) is 10.1. The third-order valence-corrected chi connectivity index (χ3v) is 3.38. The van der Waals surface area contributed by atoms with Crippen LogP contribution >= 0.6 is 11.3 Å². The molecular formula is C16H16O3S. The molecule has 0 saturated heterocycles. The molecule has 1 heterocycles. The van der Waals surface area contributed by atoms with Gasteiger partial charge < -0.3 is 9.47 Å². The summed E-state index contributed by atoms with van der Waals surface area (Å²) in [5, 5.41) is 4.17. The van der Waals surface area contributed by atoms with Gasteiger partial charge in [-0.05, 0) is 46.5 Å². The lowest BCUT2D eigenvalue weighted by atomic mass is 10.1. The molecule has 2 rings (SSSR count). The summed E-state index contributed by atoms with van der Waals surface area (Å²) >= 11 is 1.68. The van der Waals surface area contributed by atoms with Crippen molar-refractivity contribution < 1.29 is 14.3 Å². The number of carbonyl (C=O) groups excluding carboxylic acids is 1. The van der Waals surface area contributed by atoms with Crippen molar-refractivity contribution in [3.05, 3.63) is 53.2 Å². The molecule has 0 bridgehead atoms. The standard InChI is InChI=1S/C16H16O3S/c1-18-16(17)7-2-3-9-19-15-6-4-5-13(11-15)14-8-10-20-12-14/h2,4-8,10-12H,3,9H2,1H3. The van der Waals surface area contributed by atoms with Gasteiger partial charge in [0.1, 0.15) is 5.75 Å². The first-order chi connectivity index (χ1) is 9.79. The van der Waals surface area contributed by atoms with E-state index in [1.165, 1.54) is 18.7 Å². The molecule has 4 heteroatoms. The maximum atomic E-state index is 10.9. The first kappa shape index (κ1) is 14.3. The first-order valence-electron chi connectivity index (χ1n) is 6.29. The number of esters is 1. The van der Waals surface area contributed by atoms with E-state index >= 15 is 0 Å². The largest absolute Gasteiger partial charge is 0.493 e. The molecule has 0 radical (unpaired) electrons. The number of carbonyl (C=O) groups is 1. The smallest absolute Gasteiger partial charge is 0.330 e. The van der Waals surface area contributed by atoms with Crippen molar-refractivity contribution in [2.45, 2.75) is 6.42 Å². The van der Waals surface area contributed by atoms with Gasteiger partial charge in [0.25, 0.3) is 0 Å². The maximum Gasteiger partial charge on any atom is 0.330 e. The van der Waals surface area contributed by atoms with Crippen LogP contribution in [0, 0.1) is 0 Å². The minimum atomic E-state index is -0.343. The molecule has 0 spiro atoms. The average Bonchev–Trinajstić information content (AvgIpc) is 3.01. The van der Waals surface area contributed by atoms with E-state index in [4.69, 9.17) is 4.74 Å². The minimum Gasteiger partial charge on any atom is -0.493 e. The van der Waals surface area contributed by atoms with Crippen LogP contribution in [-0.4, -0.2) is 19.7 Å². The predicted octanol–water partition coefficient (Wildman–Crippen LogP) is 3.91. The zero-order valence-electron chi connectivity index (χ0n) is 11.2. The van der Waals surface area contributed by atoms with Crippen LogP contribution in [0.1, 0.15) is 6.42 Å². The number of ether oxygens (including phenoxy) is 2. The number of rotatable bonds is 6. The Bertz CT molecular complexity index is 573. The van der Waals surface area contributed by atoms with Crippen molar-refractivity contribution >= 4 is 17.3 Å². The zero-order chi connectivity index (χ0) is 14.2. The van der Waals surface area contributed by atoms with Gasteiger partial charge in [-0.2, -0.15) is 11.3 Å². The van der Waals surface area contributed by atoms with Crippen LogP contribution < -0.4 is 4.74 Å². The van der Waals surface area contributed by atoms with E-state index in [0.29, 0.717) is 13.0 Å². The van der Waals surface area contributed by atoms with Crippen LogP contribution in [0.15, 0.2) is 53.2 Å². The molecule has 1 aromatic carbocycles. The van der Waals surface area contributed by atoms with Crippen molar-refractivity contribution in [1.29, 1.82) is 0 Å². The fraction of sp³-hybridized carbons (Fsp3) is 0.188.